The van der Waals surface area contributed by atoms with Gasteiger partial charge < -0.3 is 19.5 Å². The van der Waals surface area contributed by atoms with E-state index in [4.69, 9.17) is 14.2 Å². The van der Waals surface area contributed by atoms with Crippen LogP contribution in [0.5, 0.6) is 11.5 Å². The molecule has 0 radical (unpaired) electrons. The van der Waals surface area contributed by atoms with Crippen molar-refractivity contribution in [3.05, 3.63) is 18.2 Å². The highest BCUT2D eigenvalue weighted by atomic mass is 32.2. The zero-order valence-corrected chi connectivity index (χ0v) is 13.6. The summed E-state index contributed by atoms with van der Waals surface area (Å²) in [5, 5.41) is 2.87. The van der Waals surface area contributed by atoms with Crippen LogP contribution in [0.25, 0.3) is 0 Å². The second kappa shape index (κ2) is 10.3. The maximum atomic E-state index is 11.7. The Labute approximate surface area is 130 Å². The summed E-state index contributed by atoms with van der Waals surface area (Å²) in [5.74, 6) is 1.75. The number of rotatable bonds is 10. The Morgan fingerprint density at radius 3 is 2.67 bits per heavy atom. The summed E-state index contributed by atoms with van der Waals surface area (Å²) in [5.41, 5.74) is 0. The average Bonchev–Trinajstić information content (AvgIpc) is 2.52. The van der Waals surface area contributed by atoms with Gasteiger partial charge in [0.25, 0.3) is 0 Å². The molecule has 0 saturated carbocycles. The lowest BCUT2D eigenvalue weighted by Gasteiger charge is -2.09. The van der Waals surface area contributed by atoms with Gasteiger partial charge in [0.2, 0.25) is 5.91 Å². The lowest BCUT2D eigenvalue weighted by atomic mass is 10.3. The van der Waals surface area contributed by atoms with E-state index in [-0.39, 0.29) is 5.91 Å². The molecule has 0 bridgehead atoms. The molecule has 0 aliphatic rings. The van der Waals surface area contributed by atoms with Crippen molar-refractivity contribution in [2.75, 3.05) is 39.7 Å². The van der Waals surface area contributed by atoms with Crippen molar-refractivity contribution < 1.29 is 19.0 Å². The Balaban J connectivity index is 2.32. The number of amides is 1. The van der Waals surface area contributed by atoms with Gasteiger partial charge in [-0.25, -0.2) is 0 Å². The van der Waals surface area contributed by atoms with E-state index in [1.54, 1.807) is 14.2 Å². The molecule has 0 saturated heterocycles. The summed E-state index contributed by atoms with van der Waals surface area (Å²) in [6.45, 7) is 3.99. The number of nitrogens with one attached hydrogen (secondary N) is 1. The fourth-order valence-corrected chi connectivity index (χ4v) is 2.41. The molecular formula is C15H23NO4S. The number of carbonyl (C=O) groups excluding carboxylic acids is 1. The number of hydrogen-bond donors (Lipinski definition) is 1. The standard InChI is InChI=1S/C15H23NO4S/c1-4-20-9-5-8-16-15(17)11-21-12-6-7-13(18-2)14(10-12)19-3/h6-7,10H,4-5,8-9,11H2,1-3H3,(H,16,17). The lowest BCUT2D eigenvalue weighted by molar-refractivity contribution is -0.118. The smallest absolute Gasteiger partial charge is 0.230 e. The third kappa shape index (κ3) is 6.73. The van der Waals surface area contributed by atoms with Crippen LogP contribution in [0.3, 0.4) is 0 Å². The summed E-state index contributed by atoms with van der Waals surface area (Å²) >= 11 is 1.47. The van der Waals surface area contributed by atoms with Gasteiger partial charge in [0.15, 0.2) is 11.5 Å². The molecular weight excluding hydrogens is 290 g/mol. The second-order valence-electron chi connectivity index (χ2n) is 4.21. The number of methoxy groups -OCH3 is 2. The van der Waals surface area contributed by atoms with E-state index in [2.05, 4.69) is 5.32 Å². The van der Waals surface area contributed by atoms with Gasteiger partial charge in [-0.1, -0.05) is 0 Å². The first-order chi connectivity index (χ1) is 10.2. The highest BCUT2D eigenvalue weighted by molar-refractivity contribution is 8.00. The molecule has 1 aromatic rings. The minimum atomic E-state index is 0.0197. The Bertz CT molecular complexity index is 440. The first-order valence-electron chi connectivity index (χ1n) is 6.90. The molecule has 0 atom stereocenters. The summed E-state index contributed by atoms with van der Waals surface area (Å²) in [6.07, 6.45) is 0.834. The quantitative estimate of drug-likeness (QED) is 0.531. The molecule has 21 heavy (non-hydrogen) atoms. The molecule has 1 aromatic carbocycles. The normalized spacial score (nSPS) is 10.2. The molecule has 0 aliphatic carbocycles. The largest absolute Gasteiger partial charge is 0.493 e. The third-order valence-corrected chi connectivity index (χ3v) is 3.71. The Morgan fingerprint density at radius 2 is 2.00 bits per heavy atom. The van der Waals surface area contributed by atoms with Gasteiger partial charge in [-0.2, -0.15) is 0 Å². The average molecular weight is 313 g/mol. The predicted molar refractivity (Wildman–Crippen MR) is 84.4 cm³/mol. The van der Waals surface area contributed by atoms with Crippen LogP contribution < -0.4 is 14.8 Å². The maximum absolute atomic E-state index is 11.7. The number of hydrogen-bond acceptors (Lipinski definition) is 5. The molecule has 118 valence electrons. The van der Waals surface area contributed by atoms with Crippen molar-refractivity contribution in [3.8, 4) is 11.5 Å². The van der Waals surface area contributed by atoms with Crippen LogP contribution in [0.1, 0.15) is 13.3 Å². The molecule has 1 amide bonds. The van der Waals surface area contributed by atoms with Gasteiger partial charge in [0.1, 0.15) is 0 Å². The summed E-state index contributed by atoms with van der Waals surface area (Å²) in [4.78, 5) is 12.7. The van der Waals surface area contributed by atoms with Gasteiger partial charge in [0.05, 0.1) is 20.0 Å². The fourth-order valence-electron chi connectivity index (χ4n) is 1.65. The van der Waals surface area contributed by atoms with Crippen molar-refractivity contribution in [2.45, 2.75) is 18.2 Å². The number of carbonyl (C=O) groups is 1. The van der Waals surface area contributed by atoms with Gasteiger partial charge >= 0.3 is 0 Å². The van der Waals surface area contributed by atoms with Crippen molar-refractivity contribution in [2.24, 2.45) is 0 Å². The highest BCUT2D eigenvalue weighted by Crippen LogP contribution is 2.31. The van der Waals surface area contributed by atoms with Crippen molar-refractivity contribution in [1.29, 1.82) is 0 Å². The zero-order chi connectivity index (χ0) is 15.5. The zero-order valence-electron chi connectivity index (χ0n) is 12.8. The fraction of sp³-hybridized carbons (Fsp3) is 0.533. The second-order valence-corrected chi connectivity index (χ2v) is 5.25. The Morgan fingerprint density at radius 1 is 1.24 bits per heavy atom. The van der Waals surface area contributed by atoms with E-state index in [1.165, 1.54) is 11.8 Å². The number of ether oxygens (including phenoxy) is 3. The van der Waals surface area contributed by atoms with Crippen molar-refractivity contribution >= 4 is 17.7 Å². The Kier molecular flexibility index (Phi) is 8.69. The van der Waals surface area contributed by atoms with Crippen LogP contribution >= 0.6 is 11.8 Å². The van der Waals surface area contributed by atoms with E-state index in [0.717, 1.165) is 11.3 Å². The van der Waals surface area contributed by atoms with Crippen molar-refractivity contribution in [1.82, 2.24) is 5.32 Å². The van der Waals surface area contributed by atoms with Gasteiger partial charge in [-0.3, -0.25) is 4.79 Å². The molecule has 0 unspecified atom stereocenters. The minimum absolute atomic E-state index is 0.0197. The third-order valence-electron chi connectivity index (χ3n) is 2.72. The van der Waals surface area contributed by atoms with Gasteiger partial charge in [0, 0.05) is 24.7 Å². The van der Waals surface area contributed by atoms with Crippen LogP contribution in [0.2, 0.25) is 0 Å². The molecule has 0 spiro atoms. The molecule has 0 fully saturated rings. The highest BCUT2D eigenvalue weighted by Gasteiger charge is 2.07. The van der Waals surface area contributed by atoms with Crippen LogP contribution in [-0.4, -0.2) is 45.6 Å². The maximum Gasteiger partial charge on any atom is 0.230 e. The van der Waals surface area contributed by atoms with Crippen LogP contribution in [-0.2, 0) is 9.53 Å². The van der Waals surface area contributed by atoms with Gasteiger partial charge in [-0.05, 0) is 31.5 Å². The first-order valence-corrected chi connectivity index (χ1v) is 7.89. The molecule has 1 N–H and O–H groups in total. The lowest BCUT2D eigenvalue weighted by Crippen LogP contribution is -2.26. The molecule has 0 aliphatic heterocycles. The van der Waals surface area contributed by atoms with E-state index in [1.807, 2.05) is 25.1 Å². The first kappa shape index (κ1) is 17.7. The van der Waals surface area contributed by atoms with E-state index >= 15 is 0 Å². The summed E-state index contributed by atoms with van der Waals surface area (Å²) in [7, 11) is 3.19. The van der Waals surface area contributed by atoms with E-state index < -0.39 is 0 Å². The van der Waals surface area contributed by atoms with E-state index in [0.29, 0.717) is 37.0 Å². The molecule has 5 nitrogen and oxygen atoms in total. The predicted octanol–water partition coefficient (Wildman–Crippen LogP) is 2.34. The SMILES string of the molecule is CCOCCCNC(=O)CSc1ccc(OC)c(OC)c1. The summed E-state index contributed by atoms with van der Waals surface area (Å²) < 4.78 is 15.6. The molecule has 0 aromatic heterocycles. The number of benzene rings is 1. The topological polar surface area (TPSA) is 56.8 Å². The Hall–Kier alpha value is -1.40. The van der Waals surface area contributed by atoms with Crippen LogP contribution in [0.15, 0.2) is 23.1 Å². The van der Waals surface area contributed by atoms with Crippen molar-refractivity contribution in [3.63, 3.8) is 0 Å². The minimum Gasteiger partial charge on any atom is -0.493 e. The van der Waals surface area contributed by atoms with E-state index in [9.17, 15) is 4.79 Å². The monoisotopic (exact) mass is 313 g/mol. The van der Waals surface area contributed by atoms with Gasteiger partial charge in [-0.15, -0.1) is 11.8 Å². The summed E-state index contributed by atoms with van der Waals surface area (Å²) in [6, 6.07) is 5.61. The number of thioether (sulfide) groups is 1. The molecule has 1 rings (SSSR count). The van der Waals surface area contributed by atoms with Crippen LogP contribution in [0.4, 0.5) is 0 Å². The molecule has 6 heteroatoms. The van der Waals surface area contributed by atoms with Crippen LogP contribution in [0, 0.1) is 0 Å². The molecule has 0 heterocycles.